The van der Waals surface area contributed by atoms with Crippen LogP contribution in [0.3, 0.4) is 0 Å². The van der Waals surface area contributed by atoms with E-state index in [2.05, 4.69) is 17.5 Å². The Morgan fingerprint density at radius 3 is 2.04 bits per heavy atom. The van der Waals surface area contributed by atoms with Crippen molar-refractivity contribution in [2.75, 3.05) is 0 Å². The fraction of sp³-hybridized carbons (Fsp3) is 0.619. The molecule has 0 aliphatic carbocycles. The van der Waals surface area contributed by atoms with Crippen LogP contribution >= 0.6 is 11.6 Å². The van der Waals surface area contributed by atoms with E-state index in [-0.39, 0.29) is 5.91 Å². The lowest BCUT2D eigenvalue weighted by molar-refractivity contribution is -0.121. The van der Waals surface area contributed by atoms with E-state index in [1.165, 1.54) is 44.9 Å². The van der Waals surface area contributed by atoms with E-state index in [1.807, 2.05) is 31.2 Å². The Morgan fingerprint density at radius 1 is 0.920 bits per heavy atom. The molecule has 0 spiro atoms. The van der Waals surface area contributed by atoms with Crippen LogP contribution in [-0.2, 0) is 4.79 Å². The van der Waals surface area contributed by atoms with Crippen LogP contribution in [0.4, 0.5) is 0 Å². The van der Waals surface area contributed by atoms with Gasteiger partial charge in [-0.2, -0.15) is 5.10 Å². The molecule has 1 N–H and O–H groups in total. The molecule has 0 radical (unpaired) electrons. The Hall–Kier alpha value is -1.35. The Balaban J connectivity index is 2.17. The van der Waals surface area contributed by atoms with Crippen LogP contribution in [0.25, 0.3) is 0 Å². The molecule has 0 aliphatic heterocycles. The molecule has 0 atom stereocenters. The first kappa shape index (κ1) is 21.7. The highest BCUT2D eigenvalue weighted by Gasteiger charge is 2.04. The third-order valence-corrected chi connectivity index (χ3v) is 4.59. The molecule has 140 valence electrons. The van der Waals surface area contributed by atoms with E-state index in [0.29, 0.717) is 11.4 Å². The van der Waals surface area contributed by atoms with Crippen molar-refractivity contribution >= 4 is 23.2 Å². The predicted octanol–water partition coefficient (Wildman–Crippen LogP) is 6.49. The first-order chi connectivity index (χ1) is 12.2. The molecule has 4 heteroatoms. The Kier molecular flexibility index (Phi) is 12.0. The summed E-state index contributed by atoms with van der Waals surface area (Å²) < 4.78 is 0. The van der Waals surface area contributed by atoms with Gasteiger partial charge in [-0.05, 0) is 30.5 Å². The van der Waals surface area contributed by atoms with Gasteiger partial charge in [0.1, 0.15) is 0 Å². The van der Waals surface area contributed by atoms with E-state index < -0.39 is 0 Å². The lowest BCUT2D eigenvalue weighted by atomic mass is 10.1. The minimum absolute atomic E-state index is 0.00265. The number of hydrogen-bond donors (Lipinski definition) is 1. The number of rotatable bonds is 13. The largest absolute Gasteiger partial charge is 0.273 e. The van der Waals surface area contributed by atoms with Gasteiger partial charge >= 0.3 is 0 Å². The van der Waals surface area contributed by atoms with Crippen LogP contribution in [0.15, 0.2) is 29.4 Å². The molecule has 3 nitrogen and oxygen atoms in total. The van der Waals surface area contributed by atoms with Gasteiger partial charge < -0.3 is 0 Å². The van der Waals surface area contributed by atoms with Crippen LogP contribution in [0.5, 0.6) is 0 Å². The van der Waals surface area contributed by atoms with Crippen LogP contribution in [0, 0.1) is 0 Å². The van der Waals surface area contributed by atoms with Gasteiger partial charge in [-0.3, -0.25) is 4.79 Å². The van der Waals surface area contributed by atoms with E-state index in [4.69, 9.17) is 11.6 Å². The zero-order chi connectivity index (χ0) is 18.3. The molecular weight excluding hydrogens is 332 g/mol. The van der Waals surface area contributed by atoms with E-state index in [9.17, 15) is 4.79 Å². The SMILES string of the molecule is CCCCCCCCCCCC(=O)NN=C(CC)c1ccc(Cl)cc1. The summed E-state index contributed by atoms with van der Waals surface area (Å²) >= 11 is 5.90. The highest BCUT2D eigenvalue weighted by molar-refractivity contribution is 6.30. The first-order valence-electron chi connectivity index (χ1n) is 9.78. The van der Waals surface area contributed by atoms with Gasteiger partial charge in [-0.15, -0.1) is 0 Å². The van der Waals surface area contributed by atoms with Crippen molar-refractivity contribution < 1.29 is 4.79 Å². The number of benzene rings is 1. The van der Waals surface area contributed by atoms with Crippen LogP contribution in [-0.4, -0.2) is 11.6 Å². The number of nitrogens with zero attached hydrogens (tertiary/aromatic N) is 1. The second-order valence-electron chi connectivity index (χ2n) is 6.53. The average Bonchev–Trinajstić information content (AvgIpc) is 2.62. The average molecular weight is 365 g/mol. The molecule has 1 aromatic carbocycles. The highest BCUT2D eigenvalue weighted by atomic mass is 35.5. The molecular formula is C21H33ClN2O. The lowest BCUT2D eigenvalue weighted by Crippen LogP contribution is -2.19. The van der Waals surface area contributed by atoms with Gasteiger partial charge in [-0.25, -0.2) is 5.43 Å². The predicted molar refractivity (Wildman–Crippen MR) is 108 cm³/mol. The number of unbranched alkanes of at least 4 members (excludes halogenated alkanes) is 8. The molecule has 0 aliphatic rings. The van der Waals surface area contributed by atoms with Crippen LogP contribution < -0.4 is 5.43 Å². The van der Waals surface area contributed by atoms with Crippen molar-refractivity contribution in [2.45, 2.75) is 84.5 Å². The molecule has 1 amide bonds. The summed E-state index contributed by atoms with van der Waals surface area (Å²) in [4.78, 5) is 11.9. The summed E-state index contributed by atoms with van der Waals surface area (Å²) in [6, 6.07) is 7.53. The summed E-state index contributed by atoms with van der Waals surface area (Å²) in [5.74, 6) is 0.00265. The second-order valence-corrected chi connectivity index (χ2v) is 6.97. The summed E-state index contributed by atoms with van der Waals surface area (Å²) in [5, 5.41) is 4.98. The van der Waals surface area contributed by atoms with Gasteiger partial charge in [0.25, 0.3) is 0 Å². The normalized spacial score (nSPS) is 11.6. The van der Waals surface area contributed by atoms with Crippen molar-refractivity contribution in [3.05, 3.63) is 34.9 Å². The Morgan fingerprint density at radius 2 is 1.48 bits per heavy atom. The van der Waals surface area contributed by atoms with Crippen molar-refractivity contribution in [1.82, 2.24) is 5.43 Å². The molecule has 0 saturated carbocycles. The van der Waals surface area contributed by atoms with Gasteiger partial charge in [0.15, 0.2) is 0 Å². The molecule has 0 heterocycles. The number of halogens is 1. The smallest absolute Gasteiger partial charge is 0.240 e. The molecule has 0 aromatic heterocycles. The Bertz CT molecular complexity index is 511. The maximum absolute atomic E-state index is 11.9. The quantitative estimate of drug-likeness (QED) is 0.242. The molecule has 1 aromatic rings. The first-order valence-corrected chi connectivity index (χ1v) is 10.2. The number of hydrogen-bond acceptors (Lipinski definition) is 2. The minimum atomic E-state index is 0.00265. The second kappa shape index (κ2) is 13.9. The molecule has 0 fully saturated rings. The van der Waals surface area contributed by atoms with E-state index in [0.717, 1.165) is 30.5 Å². The van der Waals surface area contributed by atoms with Gasteiger partial charge in [0, 0.05) is 11.4 Å². The molecule has 0 bridgehead atoms. The molecule has 0 saturated heterocycles. The lowest BCUT2D eigenvalue weighted by Gasteiger charge is -2.06. The molecule has 25 heavy (non-hydrogen) atoms. The van der Waals surface area contributed by atoms with Crippen molar-refractivity contribution in [1.29, 1.82) is 0 Å². The topological polar surface area (TPSA) is 41.5 Å². The zero-order valence-corrected chi connectivity index (χ0v) is 16.6. The molecule has 0 unspecified atom stereocenters. The zero-order valence-electron chi connectivity index (χ0n) is 15.8. The fourth-order valence-electron chi connectivity index (χ4n) is 2.77. The third-order valence-electron chi connectivity index (χ3n) is 4.34. The summed E-state index contributed by atoms with van der Waals surface area (Å²) in [5.41, 5.74) is 4.56. The monoisotopic (exact) mass is 364 g/mol. The number of carbonyl (C=O) groups excluding carboxylic acids is 1. The van der Waals surface area contributed by atoms with Crippen LogP contribution in [0.2, 0.25) is 5.02 Å². The maximum atomic E-state index is 11.9. The van der Waals surface area contributed by atoms with Crippen LogP contribution in [0.1, 0.15) is 90.0 Å². The fourth-order valence-corrected chi connectivity index (χ4v) is 2.90. The minimum Gasteiger partial charge on any atom is -0.273 e. The number of amides is 1. The number of carbonyl (C=O) groups is 1. The van der Waals surface area contributed by atoms with Crippen molar-refractivity contribution in [3.8, 4) is 0 Å². The van der Waals surface area contributed by atoms with E-state index >= 15 is 0 Å². The molecule has 1 rings (SSSR count). The Labute approximate surface area is 158 Å². The van der Waals surface area contributed by atoms with Crippen molar-refractivity contribution in [3.63, 3.8) is 0 Å². The summed E-state index contributed by atoms with van der Waals surface area (Å²) in [6.07, 6.45) is 12.6. The third kappa shape index (κ3) is 10.3. The summed E-state index contributed by atoms with van der Waals surface area (Å²) in [7, 11) is 0. The van der Waals surface area contributed by atoms with Crippen molar-refractivity contribution in [2.24, 2.45) is 5.10 Å². The van der Waals surface area contributed by atoms with Gasteiger partial charge in [0.05, 0.1) is 5.71 Å². The highest BCUT2D eigenvalue weighted by Crippen LogP contribution is 2.12. The number of hydrazone groups is 1. The van der Waals surface area contributed by atoms with Gasteiger partial charge in [-0.1, -0.05) is 88.9 Å². The van der Waals surface area contributed by atoms with Gasteiger partial charge in [0.2, 0.25) is 5.91 Å². The standard InChI is InChI=1S/C21H33ClN2O/c1-3-5-6-7-8-9-10-11-12-13-21(25)24-23-20(4-2)18-14-16-19(22)17-15-18/h14-17H,3-13H2,1-2H3,(H,24,25). The summed E-state index contributed by atoms with van der Waals surface area (Å²) in [6.45, 7) is 4.27. The number of nitrogens with one attached hydrogen (secondary N) is 1. The maximum Gasteiger partial charge on any atom is 0.240 e. The van der Waals surface area contributed by atoms with E-state index in [1.54, 1.807) is 0 Å².